The molecule has 2 aromatic rings. The molecule has 0 spiro atoms. The summed E-state index contributed by atoms with van der Waals surface area (Å²) < 4.78 is 5.33. The number of aromatic nitrogens is 1. The predicted molar refractivity (Wildman–Crippen MR) is 99.8 cm³/mol. The number of benzene rings is 1. The van der Waals surface area contributed by atoms with E-state index in [1.165, 1.54) is 0 Å². The first-order valence-corrected chi connectivity index (χ1v) is 8.51. The van der Waals surface area contributed by atoms with Crippen molar-refractivity contribution in [3.8, 4) is 0 Å². The number of ether oxygens (including phenoxy) is 1. The van der Waals surface area contributed by atoms with E-state index in [2.05, 4.69) is 20.5 Å². The molecular weight excluding hydrogens is 332 g/mol. The highest BCUT2D eigenvalue weighted by Crippen LogP contribution is 2.19. The van der Waals surface area contributed by atoms with E-state index >= 15 is 0 Å². The SMILES string of the molecule is CNC(=O)c1ccc(C)c(NC(=O)c2ccc(N3CCOCC3)nc2)c1. The van der Waals surface area contributed by atoms with E-state index in [0.29, 0.717) is 30.0 Å². The van der Waals surface area contributed by atoms with Crippen LogP contribution in [0.25, 0.3) is 0 Å². The third-order valence-electron chi connectivity index (χ3n) is 4.32. The van der Waals surface area contributed by atoms with Crippen LogP contribution in [-0.2, 0) is 4.74 Å². The second-order valence-electron chi connectivity index (χ2n) is 6.07. The maximum atomic E-state index is 12.5. The third kappa shape index (κ3) is 4.00. The van der Waals surface area contributed by atoms with Gasteiger partial charge in [0, 0.05) is 37.6 Å². The molecule has 0 aliphatic carbocycles. The van der Waals surface area contributed by atoms with Crippen molar-refractivity contribution in [2.75, 3.05) is 43.6 Å². The third-order valence-corrected chi connectivity index (χ3v) is 4.32. The molecule has 0 saturated carbocycles. The van der Waals surface area contributed by atoms with Crippen molar-refractivity contribution in [2.24, 2.45) is 0 Å². The fraction of sp³-hybridized carbons (Fsp3) is 0.316. The number of morpholine rings is 1. The molecule has 1 aliphatic rings. The molecule has 1 aliphatic heterocycles. The Hall–Kier alpha value is -2.93. The molecule has 0 unspecified atom stereocenters. The fourth-order valence-electron chi connectivity index (χ4n) is 2.74. The van der Waals surface area contributed by atoms with Crippen LogP contribution in [0.15, 0.2) is 36.5 Å². The highest BCUT2D eigenvalue weighted by molar-refractivity contribution is 6.05. The summed E-state index contributed by atoms with van der Waals surface area (Å²) in [5.41, 5.74) is 2.44. The van der Waals surface area contributed by atoms with E-state index in [0.717, 1.165) is 24.5 Å². The van der Waals surface area contributed by atoms with Gasteiger partial charge in [0.05, 0.1) is 18.8 Å². The number of amides is 2. The lowest BCUT2D eigenvalue weighted by Crippen LogP contribution is -2.36. The minimum absolute atomic E-state index is 0.197. The van der Waals surface area contributed by atoms with Gasteiger partial charge in [-0.3, -0.25) is 9.59 Å². The van der Waals surface area contributed by atoms with E-state index in [4.69, 9.17) is 4.74 Å². The lowest BCUT2D eigenvalue weighted by atomic mass is 10.1. The number of hydrogen-bond donors (Lipinski definition) is 2. The Morgan fingerprint density at radius 3 is 2.46 bits per heavy atom. The van der Waals surface area contributed by atoms with E-state index in [1.54, 1.807) is 37.5 Å². The normalized spacial score (nSPS) is 14.0. The van der Waals surface area contributed by atoms with Gasteiger partial charge < -0.3 is 20.3 Å². The number of aryl methyl sites for hydroxylation is 1. The van der Waals surface area contributed by atoms with Crippen molar-refractivity contribution in [1.82, 2.24) is 10.3 Å². The average Bonchev–Trinajstić information content (AvgIpc) is 2.69. The van der Waals surface area contributed by atoms with Gasteiger partial charge in [0.2, 0.25) is 0 Å². The zero-order valence-corrected chi connectivity index (χ0v) is 14.9. The van der Waals surface area contributed by atoms with Crippen molar-refractivity contribution >= 4 is 23.3 Å². The lowest BCUT2D eigenvalue weighted by molar-refractivity contribution is 0.0961. The van der Waals surface area contributed by atoms with Gasteiger partial charge in [-0.15, -0.1) is 0 Å². The van der Waals surface area contributed by atoms with Crippen LogP contribution in [-0.4, -0.2) is 50.1 Å². The molecule has 7 heteroatoms. The number of carbonyl (C=O) groups excluding carboxylic acids is 2. The molecule has 1 aromatic heterocycles. The van der Waals surface area contributed by atoms with Crippen LogP contribution in [0.3, 0.4) is 0 Å². The van der Waals surface area contributed by atoms with Crippen LogP contribution in [0, 0.1) is 6.92 Å². The Morgan fingerprint density at radius 2 is 1.81 bits per heavy atom. The topological polar surface area (TPSA) is 83.6 Å². The number of hydrogen-bond acceptors (Lipinski definition) is 5. The molecule has 1 fully saturated rings. The van der Waals surface area contributed by atoms with Gasteiger partial charge in [0.1, 0.15) is 5.82 Å². The summed E-state index contributed by atoms with van der Waals surface area (Å²) in [5.74, 6) is 0.378. The Labute approximate surface area is 152 Å². The van der Waals surface area contributed by atoms with Crippen LogP contribution < -0.4 is 15.5 Å². The van der Waals surface area contributed by atoms with Gasteiger partial charge >= 0.3 is 0 Å². The largest absolute Gasteiger partial charge is 0.378 e. The lowest BCUT2D eigenvalue weighted by Gasteiger charge is -2.27. The number of carbonyl (C=O) groups is 2. The first kappa shape index (κ1) is 17.9. The maximum Gasteiger partial charge on any atom is 0.257 e. The Kier molecular flexibility index (Phi) is 5.48. The molecule has 3 rings (SSSR count). The van der Waals surface area contributed by atoms with E-state index in [1.807, 2.05) is 13.0 Å². The second-order valence-corrected chi connectivity index (χ2v) is 6.07. The predicted octanol–water partition coefficient (Wildman–Crippen LogP) is 1.84. The van der Waals surface area contributed by atoms with Crippen LogP contribution in [0.2, 0.25) is 0 Å². The molecule has 26 heavy (non-hydrogen) atoms. The van der Waals surface area contributed by atoms with Crippen LogP contribution in [0.4, 0.5) is 11.5 Å². The van der Waals surface area contributed by atoms with Gasteiger partial charge in [-0.2, -0.15) is 0 Å². The zero-order valence-electron chi connectivity index (χ0n) is 14.9. The monoisotopic (exact) mass is 354 g/mol. The van der Waals surface area contributed by atoms with Gasteiger partial charge in [-0.1, -0.05) is 6.07 Å². The standard InChI is InChI=1S/C19H22N4O3/c1-13-3-4-14(18(24)20-2)11-16(13)22-19(25)15-5-6-17(21-12-15)23-7-9-26-10-8-23/h3-6,11-12H,7-10H2,1-2H3,(H,20,24)(H,22,25). The van der Waals surface area contributed by atoms with Crippen molar-refractivity contribution in [1.29, 1.82) is 0 Å². The van der Waals surface area contributed by atoms with Crippen LogP contribution in [0.1, 0.15) is 26.3 Å². The van der Waals surface area contributed by atoms with Gasteiger partial charge in [0.25, 0.3) is 11.8 Å². The van der Waals surface area contributed by atoms with Gasteiger partial charge in [-0.05, 0) is 36.8 Å². The van der Waals surface area contributed by atoms with E-state index in [-0.39, 0.29) is 11.8 Å². The molecule has 0 bridgehead atoms. The number of nitrogens with zero attached hydrogens (tertiary/aromatic N) is 2. The summed E-state index contributed by atoms with van der Waals surface area (Å²) in [6, 6.07) is 8.79. The minimum Gasteiger partial charge on any atom is -0.378 e. The molecule has 2 amide bonds. The van der Waals surface area contributed by atoms with E-state index < -0.39 is 0 Å². The Bertz CT molecular complexity index is 799. The van der Waals surface area contributed by atoms with E-state index in [9.17, 15) is 9.59 Å². The number of pyridine rings is 1. The number of nitrogens with one attached hydrogen (secondary N) is 2. The quantitative estimate of drug-likeness (QED) is 0.875. The van der Waals surface area contributed by atoms with Crippen molar-refractivity contribution in [3.63, 3.8) is 0 Å². The summed E-state index contributed by atoms with van der Waals surface area (Å²) in [6.45, 7) is 4.84. The number of anilines is 2. The van der Waals surface area contributed by atoms with Crippen LogP contribution >= 0.6 is 0 Å². The minimum atomic E-state index is -0.261. The average molecular weight is 354 g/mol. The number of rotatable bonds is 4. The molecule has 7 nitrogen and oxygen atoms in total. The summed E-state index contributed by atoms with van der Waals surface area (Å²) in [7, 11) is 1.57. The van der Waals surface area contributed by atoms with Crippen molar-refractivity contribution in [2.45, 2.75) is 6.92 Å². The highest BCUT2D eigenvalue weighted by Gasteiger charge is 2.14. The summed E-state index contributed by atoms with van der Waals surface area (Å²) in [6.07, 6.45) is 1.57. The summed E-state index contributed by atoms with van der Waals surface area (Å²) in [5, 5.41) is 5.43. The first-order valence-electron chi connectivity index (χ1n) is 8.51. The van der Waals surface area contributed by atoms with Crippen LogP contribution in [0.5, 0.6) is 0 Å². The van der Waals surface area contributed by atoms with Crippen molar-refractivity contribution < 1.29 is 14.3 Å². The summed E-state index contributed by atoms with van der Waals surface area (Å²) >= 11 is 0. The van der Waals surface area contributed by atoms with Gasteiger partial charge in [-0.25, -0.2) is 4.98 Å². The summed E-state index contributed by atoms with van der Waals surface area (Å²) in [4.78, 5) is 30.8. The molecule has 2 N–H and O–H groups in total. The zero-order chi connectivity index (χ0) is 18.5. The highest BCUT2D eigenvalue weighted by atomic mass is 16.5. The fourth-order valence-corrected chi connectivity index (χ4v) is 2.74. The molecule has 2 heterocycles. The maximum absolute atomic E-state index is 12.5. The first-order chi connectivity index (χ1) is 12.6. The molecular formula is C19H22N4O3. The Morgan fingerprint density at radius 1 is 1.08 bits per heavy atom. The van der Waals surface area contributed by atoms with Gasteiger partial charge in [0.15, 0.2) is 0 Å². The van der Waals surface area contributed by atoms with Crippen molar-refractivity contribution in [3.05, 3.63) is 53.2 Å². The molecule has 1 saturated heterocycles. The Balaban J connectivity index is 1.72. The molecule has 0 atom stereocenters. The second kappa shape index (κ2) is 7.97. The smallest absolute Gasteiger partial charge is 0.257 e. The molecule has 1 aromatic carbocycles. The molecule has 0 radical (unpaired) electrons. The molecule has 136 valence electrons.